The largest absolute Gasteiger partial charge is 0.387 e. The fourth-order valence-corrected chi connectivity index (χ4v) is 3.75. The Balaban J connectivity index is 3.17. The Morgan fingerprint density at radius 3 is 1.28 bits per heavy atom. The zero-order chi connectivity index (χ0) is 18.8. The summed E-state index contributed by atoms with van der Waals surface area (Å²) in [5.41, 5.74) is 0. The van der Waals surface area contributed by atoms with E-state index in [0.29, 0.717) is 0 Å². The molecule has 2 nitrogen and oxygen atoms in total. The molecule has 1 radical (unpaired) electrons. The molecule has 0 aromatic rings. The third kappa shape index (κ3) is 20.1. The minimum absolute atomic E-state index is 0.434. The van der Waals surface area contributed by atoms with Gasteiger partial charge in [-0.2, -0.15) is 0 Å². The topological polar surface area (TPSA) is 20.2 Å². The third-order valence-corrected chi connectivity index (χ3v) is 5.32. The van der Waals surface area contributed by atoms with Gasteiger partial charge in [-0.1, -0.05) is 96.8 Å². The highest BCUT2D eigenvalue weighted by atomic mass is 16.3. The molecule has 0 rings (SSSR count). The highest BCUT2D eigenvalue weighted by Crippen LogP contribution is 2.14. The van der Waals surface area contributed by atoms with Crippen LogP contribution in [-0.2, 0) is 0 Å². The Kier molecular flexibility index (Phi) is 17.3. The molecule has 0 aromatic carbocycles. The molecule has 25 heavy (non-hydrogen) atoms. The van der Waals surface area contributed by atoms with Crippen LogP contribution >= 0.6 is 0 Å². The van der Waals surface area contributed by atoms with E-state index in [1.807, 2.05) is 0 Å². The van der Waals surface area contributed by atoms with Crippen LogP contribution in [0.1, 0.15) is 110 Å². The van der Waals surface area contributed by atoms with Gasteiger partial charge in [-0.15, -0.1) is 0 Å². The van der Waals surface area contributed by atoms with Crippen LogP contribution in [-0.4, -0.2) is 42.9 Å². The van der Waals surface area contributed by atoms with Crippen molar-refractivity contribution < 1.29 is 9.59 Å². The fourth-order valence-electron chi connectivity index (χ4n) is 3.75. The summed E-state index contributed by atoms with van der Waals surface area (Å²) in [6, 6.07) is 0. The van der Waals surface area contributed by atoms with Crippen molar-refractivity contribution in [2.75, 3.05) is 27.2 Å². The molecular weight excluding hydrogens is 306 g/mol. The van der Waals surface area contributed by atoms with Crippen molar-refractivity contribution in [3.63, 3.8) is 0 Å². The van der Waals surface area contributed by atoms with Crippen LogP contribution in [0.4, 0.5) is 0 Å². The molecule has 2 heteroatoms. The first kappa shape index (κ1) is 24.9. The Morgan fingerprint density at radius 2 is 0.960 bits per heavy atom. The lowest BCUT2D eigenvalue weighted by atomic mass is 10.0. The highest BCUT2D eigenvalue weighted by molar-refractivity contribution is 4.55. The van der Waals surface area contributed by atoms with Crippen LogP contribution in [0.25, 0.3) is 0 Å². The van der Waals surface area contributed by atoms with Gasteiger partial charge in [0.1, 0.15) is 12.6 Å². The summed E-state index contributed by atoms with van der Waals surface area (Å²) in [5, 5.41) is 9.40. The van der Waals surface area contributed by atoms with Crippen molar-refractivity contribution in [3.8, 4) is 0 Å². The predicted octanol–water partition coefficient (Wildman–Crippen LogP) is 6.52. The van der Waals surface area contributed by atoms with Gasteiger partial charge in [0.2, 0.25) is 0 Å². The maximum absolute atomic E-state index is 9.40. The molecule has 0 aliphatic rings. The molecule has 0 heterocycles. The van der Waals surface area contributed by atoms with Crippen LogP contribution in [0.2, 0.25) is 0 Å². The molecule has 1 N–H and O–H groups in total. The number of likely N-dealkylation sites (N-methyl/N-ethyl adjacent to an activating group) is 1. The lowest BCUT2D eigenvalue weighted by Crippen LogP contribution is -2.45. The van der Waals surface area contributed by atoms with Crippen molar-refractivity contribution >= 4 is 0 Å². The van der Waals surface area contributed by atoms with E-state index in [1.54, 1.807) is 0 Å². The molecule has 0 saturated heterocycles. The first-order chi connectivity index (χ1) is 12.0. The van der Waals surface area contributed by atoms with Gasteiger partial charge in [0, 0.05) is 0 Å². The number of aliphatic hydroxyl groups excluding tert-OH is 1. The van der Waals surface area contributed by atoms with Crippen LogP contribution in [0.15, 0.2) is 0 Å². The van der Waals surface area contributed by atoms with Crippen molar-refractivity contribution in [1.82, 2.24) is 0 Å². The number of rotatable bonds is 19. The van der Waals surface area contributed by atoms with Gasteiger partial charge in [-0.05, 0) is 19.8 Å². The third-order valence-electron chi connectivity index (χ3n) is 5.32. The van der Waals surface area contributed by atoms with Crippen molar-refractivity contribution in [2.24, 2.45) is 0 Å². The van der Waals surface area contributed by atoms with E-state index in [0.717, 1.165) is 17.6 Å². The lowest BCUT2D eigenvalue weighted by Gasteiger charge is -2.30. The average molecular weight is 356 g/mol. The van der Waals surface area contributed by atoms with Crippen molar-refractivity contribution in [1.29, 1.82) is 0 Å². The molecule has 0 aromatic heterocycles. The lowest BCUT2D eigenvalue weighted by molar-refractivity contribution is -0.892. The number of unbranched alkanes of at least 4 members (excludes halogenated alkanes) is 15. The van der Waals surface area contributed by atoms with Crippen LogP contribution in [0.3, 0.4) is 0 Å². The molecule has 0 spiro atoms. The summed E-state index contributed by atoms with van der Waals surface area (Å²) >= 11 is 0. The maximum Gasteiger partial charge on any atom is 0.105 e. The highest BCUT2D eigenvalue weighted by Gasteiger charge is 2.16. The standard InChI is InChI=1S/C23H49NO/c1-5-6-7-8-9-10-11-12-13-14-15-16-17-18-19-20-21-24(3,4)22-23(2)25/h23,25H,2,5-22H2,1,3-4H3/q+1. The summed E-state index contributed by atoms with van der Waals surface area (Å²) in [6.07, 6.45) is 22.3. The molecule has 0 aliphatic heterocycles. The van der Waals surface area contributed by atoms with E-state index in [2.05, 4.69) is 27.9 Å². The van der Waals surface area contributed by atoms with Crippen molar-refractivity contribution in [2.45, 2.75) is 116 Å². The zero-order valence-corrected chi connectivity index (χ0v) is 17.9. The quantitative estimate of drug-likeness (QED) is 0.206. The second-order valence-electron chi connectivity index (χ2n) is 8.80. The average Bonchev–Trinajstić information content (AvgIpc) is 2.53. The second-order valence-corrected chi connectivity index (χ2v) is 8.80. The number of hydrogen-bond acceptors (Lipinski definition) is 1. The van der Waals surface area contributed by atoms with Crippen LogP contribution < -0.4 is 0 Å². The molecule has 151 valence electrons. The Hall–Kier alpha value is -0.0800. The molecule has 1 atom stereocenters. The Morgan fingerprint density at radius 1 is 0.640 bits per heavy atom. The number of hydrogen-bond donors (Lipinski definition) is 1. The van der Waals surface area contributed by atoms with Gasteiger partial charge >= 0.3 is 0 Å². The van der Waals surface area contributed by atoms with Gasteiger partial charge in [0.05, 0.1) is 20.6 Å². The molecule has 0 aliphatic carbocycles. The van der Waals surface area contributed by atoms with E-state index in [4.69, 9.17) is 0 Å². The summed E-state index contributed by atoms with van der Waals surface area (Å²) < 4.78 is 0.892. The van der Waals surface area contributed by atoms with E-state index in [-0.39, 0.29) is 0 Å². The van der Waals surface area contributed by atoms with E-state index < -0.39 is 6.10 Å². The summed E-state index contributed by atoms with van der Waals surface area (Å²) in [7, 11) is 4.39. The SMILES string of the molecule is [CH2]C(O)C[N+](C)(C)CCCCCCCCCCCCCCCCCC. The molecule has 0 saturated carbocycles. The van der Waals surface area contributed by atoms with E-state index in [9.17, 15) is 5.11 Å². The summed E-state index contributed by atoms with van der Waals surface area (Å²) in [6.45, 7) is 7.90. The minimum Gasteiger partial charge on any atom is -0.387 e. The molecule has 1 unspecified atom stereocenters. The fraction of sp³-hybridized carbons (Fsp3) is 0.957. The van der Waals surface area contributed by atoms with E-state index >= 15 is 0 Å². The number of quaternary nitrogens is 1. The van der Waals surface area contributed by atoms with Gasteiger partial charge in [-0.25, -0.2) is 0 Å². The normalized spacial score (nSPS) is 13.3. The Labute approximate surface area is 160 Å². The minimum atomic E-state index is -0.434. The molecule has 0 bridgehead atoms. The first-order valence-electron chi connectivity index (χ1n) is 11.3. The molecule has 0 amide bonds. The van der Waals surface area contributed by atoms with Crippen LogP contribution in [0.5, 0.6) is 0 Å². The van der Waals surface area contributed by atoms with Gasteiger partial charge in [-0.3, -0.25) is 0 Å². The summed E-state index contributed by atoms with van der Waals surface area (Å²) in [5.74, 6) is 0. The Bertz CT molecular complexity index is 263. The summed E-state index contributed by atoms with van der Waals surface area (Å²) in [4.78, 5) is 0. The number of nitrogens with zero attached hydrogens (tertiary/aromatic N) is 1. The number of aliphatic hydroxyl groups is 1. The smallest absolute Gasteiger partial charge is 0.105 e. The zero-order valence-electron chi connectivity index (χ0n) is 17.9. The maximum atomic E-state index is 9.40. The van der Waals surface area contributed by atoms with Gasteiger partial charge < -0.3 is 9.59 Å². The van der Waals surface area contributed by atoms with Crippen LogP contribution in [0, 0.1) is 6.92 Å². The molecular formula is C23H49NO+. The van der Waals surface area contributed by atoms with E-state index in [1.165, 1.54) is 103 Å². The molecule has 0 fully saturated rings. The predicted molar refractivity (Wildman–Crippen MR) is 113 cm³/mol. The van der Waals surface area contributed by atoms with Crippen molar-refractivity contribution in [3.05, 3.63) is 6.92 Å². The van der Waals surface area contributed by atoms with Gasteiger partial charge in [0.15, 0.2) is 0 Å². The second kappa shape index (κ2) is 17.3. The monoisotopic (exact) mass is 355 g/mol. The first-order valence-corrected chi connectivity index (χ1v) is 11.3. The van der Waals surface area contributed by atoms with Gasteiger partial charge in [0.25, 0.3) is 0 Å².